The Kier molecular flexibility index (Phi) is 10.0. The van der Waals surface area contributed by atoms with Crippen LogP contribution >= 0.6 is 0 Å². The summed E-state index contributed by atoms with van der Waals surface area (Å²) < 4.78 is 11.2. The van der Waals surface area contributed by atoms with Crippen molar-refractivity contribution >= 4 is 23.3 Å². The zero-order chi connectivity index (χ0) is 31.5. The van der Waals surface area contributed by atoms with Gasteiger partial charge in [-0.3, -0.25) is 19.2 Å². The number of benzene rings is 1. The van der Waals surface area contributed by atoms with Crippen molar-refractivity contribution in [2.45, 2.75) is 81.1 Å². The zero-order valence-electron chi connectivity index (χ0n) is 26.7. The van der Waals surface area contributed by atoms with E-state index in [2.05, 4.69) is 0 Å². The highest BCUT2D eigenvalue weighted by Gasteiger charge is 2.74. The van der Waals surface area contributed by atoms with Gasteiger partial charge in [-0.15, -0.1) is 0 Å². The number of esters is 1. The van der Waals surface area contributed by atoms with Gasteiger partial charge in [-0.2, -0.15) is 0 Å². The van der Waals surface area contributed by atoms with E-state index in [0.29, 0.717) is 24.0 Å². The topological polar surface area (TPSA) is 86.7 Å². The molecule has 1 saturated carbocycles. The highest BCUT2D eigenvalue weighted by atomic mass is 16.5. The summed E-state index contributed by atoms with van der Waals surface area (Å²) >= 11 is 0. The second-order valence-corrected chi connectivity index (χ2v) is 12.9. The fraction of sp³-hybridized carbons (Fsp3) is 0.500. The molecule has 1 aromatic rings. The third-order valence-electron chi connectivity index (χ3n) is 9.09. The third kappa shape index (κ3) is 5.73. The summed E-state index contributed by atoms with van der Waals surface area (Å²) in [4.78, 5) is 56.1. The van der Waals surface area contributed by atoms with E-state index in [0.717, 1.165) is 16.7 Å². The minimum absolute atomic E-state index is 0.160. The fourth-order valence-corrected chi connectivity index (χ4v) is 6.65. The summed E-state index contributed by atoms with van der Waals surface area (Å²) in [5.41, 5.74) is -0.351. The Labute approximate surface area is 250 Å². The molecule has 3 rings (SSSR count). The molecule has 2 aliphatic carbocycles. The molecule has 0 heterocycles. The first kappa shape index (κ1) is 33.0. The summed E-state index contributed by atoms with van der Waals surface area (Å²) in [5.74, 6) is -1.39. The van der Waals surface area contributed by atoms with Crippen molar-refractivity contribution in [2.75, 3.05) is 13.7 Å². The predicted octanol–water partition coefficient (Wildman–Crippen LogP) is 7.55. The molecular weight excluding hydrogens is 528 g/mol. The molecule has 1 fully saturated rings. The molecule has 2 bridgehead atoms. The Morgan fingerprint density at radius 2 is 1.55 bits per heavy atom. The maximum atomic E-state index is 15.1. The maximum absolute atomic E-state index is 15.1. The number of carbonyl (C=O) groups is 4. The van der Waals surface area contributed by atoms with Gasteiger partial charge in [-0.05, 0) is 77.2 Å². The molecule has 0 saturated heterocycles. The Morgan fingerprint density at radius 1 is 0.929 bits per heavy atom. The van der Waals surface area contributed by atoms with E-state index < -0.39 is 16.2 Å². The standard InChI is InChI=1S/C36H46O6/c1-23(2)15-18-29-31(39)35(20-19-24(3)4)21-28(17-16-25(5)22-42-26(6)37)34(7,8)36(33(35)40,32(29)41-9)30(38)27-13-11-10-12-14-27/h10-16,19,28H,17-18,20-22H2,1-9H3. The van der Waals surface area contributed by atoms with Gasteiger partial charge in [-0.25, -0.2) is 0 Å². The molecule has 226 valence electrons. The molecule has 1 aromatic carbocycles. The van der Waals surface area contributed by atoms with E-state index in [9.17, 15) is 14.4 Å². The van der Waals surface area contributed by atoms with Crippen LogP contribution in [0, 0.1) is 22.2 Å². The summed E-state index contributed by atoms with van der Waals surface area (Å²) in [7, 11) is 1.46. The van der Waals surface area contributed by atoms with E-state index in [4.69, 9.17) is 9.47 Å². The number of rotatable bonds is 11. The highest BCUT2D eigenvalue weighted by Crippen LogP contribution is 2.67. The van der Waals surface area contributed by atoms with Crippen LogP contribution in [0.25, 0.3) is 0 Å². The van der Waals surface area contributed by atoms with E-state index in [1.165, 1.54) is 14.0 Å². The molecule has 0 aliphatic heterocycles. The van der Waals surface area contributed by atoms with E-state index in [1.807, 2.05) is 72.8 Å². The summed E-state index contributed by atoms with van der Waals surface area (Å²) in [6.45, 7) is 15.2. The second-order valence-electron chi connectivity index (χ2n) is 12.9. The minimum atomic E-state index is -1.71. The van der Waals surface area contributed by atoms with Gasteiger partial charge < -0.3 is 9.47 Å². The molecule has 2 aliphatic rings. The summed E-state index contributed by atoms with van der Waals surface area (Å²) in [5, 5.41) is 0. The van der Waals surface area contributed by atoms with Crippen molar-refractivity contribution in [1.82, 2.24) is 0 Å². The molecule has 0 N–H and O–H groups in total. The lowest BCUT2D eigenvalue weighted by atomic mass is 9.39. The SMILES string of the molecule is COC1=C(CC=C(C)C)C(=O)C2(CC=C(C)C)CC(CC=C(C)COC(C)=O)C(C)(C)C1(C(=O)c1ccccc1)C2=O. The second kappa shape index (κ2) is 12.8. The first-order chi connectivity index (χ1) is 19.7. The van der Waals surface area contributed by atoms with Crippen molar-refractivity contribution in [3.63, 3.8) is 0 Å². The molecule has 6 heteroatoms. The van der Waals surface area contributed by atoms with Gasteiger partial charge in [0.15, 0.2) is 22.8 Å². The molecular formula is C36H46O6. The predicted molar refractivity (Wildman–Crippen MR) is 165 cm³/mol. The van der Waals surface area contributed by atoms with Crippen LogP contribution < -0.4 is 0 Å². The monoisotopic (exact) mass is 574 g/mol. The lowest BCUT2D eigenvalue weighted by Gasteiger charge is -2.60. The normalized spacial score (nSPS) is 25.1. The first-order valence-corrected chi connectivity index (χ1v) is 14.7. The van der Waals surface area contributed by atoms with Gasteiger partial charge in [-0.1, -0.05) is 73.6 Å². The minimum Gasteiger partial charge on any atom is -0.499 e. The van der Waals surface area contributed by atoms with E-state index >= 15 is 4.79 Å². The molecule has 3 unspecified atom stereocenters. The molecule has 6 nitrogen and oxygen atoms in total. The van der Waals surface area contributed by atoms with Crippen molar-refractivity contribution in [3.05, 3.63) is 82.2 Å². The van der Waals surface area contributed by atoms with Crippen molar-refractivity contribution in [3.8, 4) is 0 Å². The van der Waals surface area contributed by atoms with Crippen LogP contribution in [0.5, 0.6) is 0 Å². The third-order valence-corrected chi connectivity index (χ3v) is 9.09. The summed E-state index contributed by atoms with van der Waals surface area (Å²) in [6, 6.07) is 8.86. The lowest BCUT2D eigenvalue weighted by Crippen LogP contribution is -2.68. The quantitative estimate of drug-likeness (QED) is 0.117. The summed E-state index contributed by atoms with van der Waals surface area (Å²) in [6.07, 6.45) is 7.20. The molecule has 42 heavy (non-hydrogen) atoms. The molecule has 0 aromatic heterocycles. The van der Waals surface area contributed by atoms with Crippen LogP contribution in [-0.4, -0.2) is 37.0 Å². The van der Waals surface area contributed by atoms with Crippen molar-refractivity contribution < 1.29 is 28.7 Å². The number of ether oxygens (including phenoxy) is 2. The van der Waals surface area contributed by atoms with Crippen LogP contribution in [0.1, 0.15) is 91.4 Å². The largest absolute Gasteiger partial charge is 0.499 e. The van der Waals surface area contributed by atoms with Crippen molar-refractivity contribution in [1.29, 1.82) is 0 Å². The van der Waals surface area contributed by atoms with Gasteiger partial charge >= 0.3 is 5.97 Å². The van der Waals surface area contributed by atoms with E-state index in [1.54, 1.807) is 24.3 Å². The van der Waals surface area contributed by atoms with Crippen LogP contribution in [0.2, 0.25) is 0 Å². The zero-order valence-corrected chi connectivity index (χ0v) is 26.7. The average Bonchev–Trinajstić information content (AvgIpc) is 2.93. The molecule has 3 atom stereocenters. The number of fused-ring (bicyclic) bond motifs is 2. The van der Waals surface area contributed by atoms with E-state index in [-0.39, 0.29) is 54.4 Å². The maximum Gasteiger partial charge on any atom is 0.302 e. The van der Waals surface area contributed by atoms with Gasteiger partial charge in [0.25, 0.3) is 0 Å². The van der Waals surface area contributed by atoms with Crippen LogP contribution in [0.3, 0.4) is 0 Å². The fourth-order valence-electron chi connectivity index (χ4n) is 6.65. The number of ketones is 3. The van der Waals surface area contributed by atoms with Crippen molar-refractivity contribution in [2.24, 2.45) is 22.2 Å². The Morgan fingerprint density at radius 3 is 2.10 bits per heavy atom. The Balaban J connectivity index is 2.41. The lowest BCUT2D eigenvalue weighted by molar-refractivity contribution is -0.164. The van der Waals surface area contributed by atoms with Crippen LogP contribution in [-0.2, 0) is 23.9 Å². The molecule has 0 radical (unpaired) electrons. The number of carbonyl (C=O) groups excluding carboxylic acids is 4. The number of hydrogen-bond acceptors (Lipinski definition) is 6. The van der Waals surface area contributed by atoms with Gasteiger partial charge in [0.05, 0.1) is 12.5 Å². The van der Waals surface area contributed by atoms with Gasteiger partial charge in [0, 0.05) is 18.1 Å². The number of methoxy groups -OCH3 is 1. The highest BCUT2D eigenvalue weighted by molar-refractivity contribution is 6.30. The van der Waals surface area contributed by atoms with Gasteiger partial charge in [0.1, 0.15) is 12.4 Å². The first-order valence-electron chi connectivity index (χ1n) is 14.7. The Bertz CT molecular complexity index is 1360. The average molecular weight is 575 g/mol. The Hall–Kier alpha value is -3.54. The van der Waals surface area contributed by atoms with Crippen LogP contribution in [0.4, 0.5) is 0 Å². The number of allylic oxidation sites excluding steroid dienone is 7. The number of hydrogen-bond donors (Lipinski definition) is 0. The number of Topliss-reactive ketones (excluding diaryl/α,β-unsaturated/α-hetero) is 3. The van der Waals surface area contributed by atoms with Gasteiger partial charge in [0.2, 0.25) is 0 Å². The smallest absolute Gasteiger partial charge is 0.302 e. The molecule has 0 amide bonds. The van der Waals surface area contributed by atoms with Crippen LogP contribution in [0.15, 0.2) is 76.6 Å². The molecule has 0 spiro atoms.